The van der Waals surface area contributed by atoms with Gasteiger partial charge in [-0.25, -0.2) is 0 Å². The molecule has 0 aromatic rings. The van der Waals surface area contributed by atoms with Crippen LogP contribution in [0.25, 0.3) is 0 Å². The molecular weight excluding hydrogens is 270 g/mol. The minimum Gasteiger partial charge on any atom is -0.409 e. The smallest absolute Gasteiger partial charge is 0.250 e. The molecule has 0 bridgehead atoms. The van der Waals surface area contributed by atoms with Crippen molar-refractivity contribution in [3.8, 4) is 0 Å². The van der Waals surface area contributed by atoms with Crippen LogP contribution < -0.4 is 11.1 Å². The molecule has 0 aromatic carbocycles. The van der Waals surface area contributed by atoms with E-state index in [1.54, 1.807) is 0 Å². The molecule has 1 amide bonds. The molecule has 1 aliphatic carbocycles. The summed E-state index contributed by atoms with van der Waals surface area (Å²) in [6, 6.07) is 0. The van der Waals surface area contributed by atoms with E-state index in [4.69, 9.17) is 15.7 Å². The van der Waals surface area contributed by atoms with Gasteiger partial charge >= 0.3 is 0 Å². The average molecular weight is 297 g/mol. The highest BCUT2D eigenvalue weighted by Gasteiger charge is 2.40. The Morgan fingerprint density at radius 1 is 1.29 bits per heavy atom. The van der Waals surface area contributed by atoms with Crippen molar-refractivity contribution in [2.24, 2.45) is 16.8 Å². The normalized spacial score (nSPS) is 30.4. The maximum Gasteiger partial charge on any atom is 0.250 e. The summed E-state index contributed by atoms with van der Waals surface area (Å²) in [5.74, 6) is 0.193. The van der Waals surface area contributed by atoms with Crippen LogP contribution in [-0.2, 0) is 9.53 Å². The molecule has 1 aliphatic heterocycles. The number of hydrogen-bond acceptors (Lipinski definition) is 4. The second-order valence-corrected chi connectivity index (χ2v) is 6.38. The molecular formula is C15H27N3O3. The Kier molecular flexibility index (Phi) is 5.45. The zero-order valence-electron chi connectivity index (χ0n) is 12.8. The second-order valence-electron chi connectivity index (χ2n) is 6.38. The number of hydrogen-bond donors (Lipinski definition) is 3. The van der Waals surface area contributed by atoms with Crippen molar-refractivity contribution < 1.29 is 14.7 Å². The standard InChI is InChI=1S/C15H27N3O3/c1-11-7-10-21-12(11)13(19)17-15(14(16)18-20)8-5-3-2-4-6-9-15/h11-12,20H,2-10H2,1H3,(H2,16,18)(H,17,19). The van der Waals surface area contributed by atoms with E-state index >= 15 is 0 Å². The van der Waals surface area contributed by atoms with Gasteiger partial charge in [-0.15, -0.1) is 0 Å². The molecule has 0 aromatic heterocycles. The van der Waals surface area contributed by atoms with Crippen molar-refractivity contribution >= 4 is 11.7 Å². The summed E-state index contributed by atoms with van der Waals surface area (Å²) in [5.41, 5.74) is 5.20. The molecule has 6 nitrogen and oxygen atoms in total. The predicted molar refractivity (Wildman–Crippen MR) is 80.1 cm³/mol. The number of rotatable bonds is 3. The van der Waals surface area contributed by atoms with Gasteiger partial charge in [0.05, 0.1) is 0 Å². The van der Waals surface area contributed by atoms with Crippen LogP contribution in [0, 0.1) is 5.92 Å². The van der Waals surface area contributed by atoms with Crippen LogP contribution in [0.5, 0.6) is 0 Å². The summed E-state index contributed by atoms with van der Waals surface area (Å²) < 4.78 is 5.53. The van der Waals surface area contributed by atoms with Gasteiger partial charge in [0, 0.05) is 6.61 Å². The third kappa shape index (κ3) is 3.67. The molecule has 1 heterocycles. The van der Waals surface area contributed by atoms with E-state index in [-0.39, 0.29) is 17.7 Å². The summed E-state index contributed by atoms with van der Waals surface area (Å²) in [7, 11) is 0. The lowest BCUT2D eigenvalue weighted by molar-refractivity contribution is -0.133. The number of nitrogens with two attached hydrogens (primary N) is 1. The Morgan fingerprint density at radius 2 is 1.90 bits per heavy atom. The van der Waals surface area contributed by atoms with E-state index < -0.39 is 11.6 Å². The quantitative estimate of drug-likeness (QED) is 0.320. The molecule has 2 rings (SSSR count). The summed E-state index contributed by atoms with van der Waals surface area (Å²) in [4.78, 5) is 12.5. The minimum atomic E-state index is -0.724. The summed E-state index contributed by atoms with van der Waals surface area (Å²) >= 11 is 0. The Hall–Kier alpha value is -1.30. The fraction of sp³-hybridized carbons (Fsp3) is 0.867. The maximum atomic E-state index is 12.5. The van der Waals surface area contributed by atoms with Gasteiger partial charge in [0.25, 0.3) is 0 Å². The fourth-order valence-electron chi connectivity index (χ4n) is 3.39. The van der Waals surface area contributed by atoms with Crippen LogP contribution in [0.3, 0.4) is 0 Å². The van der Waals surface area contributed by atoms with Gasteiger partial charge < -0.3 is 21.0 Å². The Balaban J connectivity index is 2.13. The Labute approximate surface area is 126 Å². The van der Waals surface area contributed by atoms with E-state index in [0.29, 0.717) is 6.61 Å². The van der Waals surface area contributed by atoms with Crippen molar-refractivity contribution in [2.45, 2.75) is 69.9 Å². The number of ether oxygens (including phenoxy) is 1. The lowest BCUT2D eigenvalue weighted by atomic mass is 9.82. The number of carbonyl (C=O) groups is 1. The number of amides is 1. The molecule has 4 N–H and O–H groups in total. The SMILES string of the molecule is CC1CCOC1C(=O)NC1(C(N)=NO)CCCCCCC1. The van der Waals surface area contributed by atoms with Gasteiger partial charge in [-0.2, -0.15) is 0 Å². The number of amidine groups is 1. The van der Waals surface area contributed by atoms with E-state index in [9.17, 15) is 4.79 Å². The van der Waals surface area contributed by atoms with Crippen molar-refractivity contribution in [2.75, 3.05) is 6.61 Å². The lowest BCUT2D eigenvalue weighted by Crippen LogP contribution is -2.60. The number of carbonyl (C=O) groups excluding carboxylic acids is 1. The Morgan fingerprint density at radius 3 is 2.43 bits per heavy atom. The van der Waals surface area contributed by atoms with Crippen LogP contribution in [0.15, 0.2) is 5.16 Å². The van der Waals surface area contributed by atoms with Gasteiger partial charge in [-0.05, 0) is 25.2 Å². The number of nitrogens with one attached hydrogen (secondary N) is 1. The van der Waals surface area contributed by atoms with Gasteiger partial charge in [0.2, 0.25) is 5.91 Å². The van der Waals surface area contributed by atoms with E-state index in [0.717, 1.165) is 44.9 Å². The van der Waals surface area contributed by atoms with Crippen LogP contribution >= 0.6 is 0 Å². The molecule has 1 saturated heterocycles. The third-order valence-corrected chi connectivity index (χ3v) is 4.81. The third-order valence-electron chi connectivity index (χ3n) is 4.81. The van der Waals surface area contributed by atoms with Gasteiger partial charge in [-0.3, -0.25) is 4.79 Å². The highest BCUT2D eigenvalue weighted by molar-refractivity contribution is 5.95. The van der Waals surface area contributed by atoms with Gasteiger partial charge in [0.1, 0.15) is 11.6 Å². The van der Waals surface area contributed by atoms with Crippen LogP contribution in [0.1, 0.15) is 58.3 Å². The molecule has 6 heteroatoms. The molecule has 2 aliphatic rings. The molecule has 2 atom stereocenters. The molecule has 2 fully saturated rings. The molecule has 2 unspecified atom stereocenters. The lowest BCUT2D eigenvalue weighted by Gasteiger charge is -2.36. The van der Waals surface area contributed by atoms with E-state index in [2.05, 4.69) is 10.5 Å². The largest absolute Gasteiger partial charge is 0.409 e. The first kappa shape index (κ1) is 16.1. The predicted octanol–water partition coefficient (Wildman–Crippen LogP) is 1.76. The van der Waals surface area contributed by atoms with Crippen molar-refractivity contribution in [1.82, 2.24) is 5.32 Å². The van der Waals surface area contributed by atoms with Crippen molar-refractivity contribution in [3.63, 3.8) is 0 Å². The maximum absolute atomic E-state index is 12.5. The zero-order valence-corrected chi connectivity index (χ0v) is 12.8. The molecule has 0 radical (unpaired) electrons. The van der Waals surface area contributed by atoms with E-state index in [1.165, 1.54) is 6.42 Å². The molecule has 1 saturated carbocycles. The number of nitrogens with zero attached hydrogens (tertiary/aromatic N) is 1. The summed E-state index contributed by atoms with van der Waals surface area (Å²) in [6.07, 6.45) is 7.30. The van der Waals surface area contributed by atoms with E-state index in [1.807, 2.05) is 6.92 Å². The first-order valence-corrected chi connectivity index (χ1v) is 8.01. The highest BCUT2D eigenvalue weighted by Crippen LogP contribution is 2.28. The van der Waals surface area contributed by atoms with Crippen LogP contribution in [-0.4, -0.2) is 35.2 Å². The molecule has 0 spiro atoms. The van der Waals surface area contributed by atoms with Crippen molar-refractivity contribution in [3.05, 3.63) is 0 Å². The first-order chi connectivity index (χ1) is 10.1. The van der Waals surface area contributed by atoms with Crippen LogP contribution in [0.2, 0.25) is 0 Å². The highest BCUT2D eigenvalue weighted by atomic mass is 16.5. The van der Waals surface area contributed by atoms with Gasteiger partial charge in [0.15, 0.2) is 5.84 Å². The second kappa shape index (κ2) is 7.11. The van der Waals surface area contributed by atoms with Gasteiger partial charge in [-0.1, -0.05) is 44.2 Å². The first-order valence-electron chi connectivity index (χ1n) is 8.01. The number of oxime groups is 1. The van der Waals surface area contributed by atoms with Crippen molar-refractivity contribution in [1.29, 1.82) is 0 Å². The summed E-state index contributed by atoms with van der Waals surface area (Å²) in [5, 5.41) is 15.4. The topological polar surface area (TPSA) is 96.9 Å². The Bertz CT molecular complexity index is 390. The zero-order chi connectivity index (χ0) is 15.3. The molecule has 21 heavy (non-hydrogen) atoms. The monoisotopic (exact) mass is 297 g/mol. The fourth-order valence-corrected chi connectivity index (χ4v) is 3.39. The average Bonchev–Trinajstić information content (AvgIpc) is 2.87. The minimum absolute atomic E-state index is 0.114. The summed E-state index contributed by atoms with van der Waals surface area (Å²) in [6.45, 7) is 2.64. The van der Waals surface area contributed by atoms with Crippen LogP contribution in [0.4, 0.5) is 0 Å². The molecule has 120 valence electrons.